The molecule has 1 aliphatic heterocycles. The zero-order valence-corrected chi connectivity index (χ0v) is 22.7. The van der Waals surface area contributed by atoms with Gasteiger partial charge in [0.05, 0.1) is 25.7 Å². The van der Waals surface area contributed by atoms with Crippen LogP contribution in [0.15, 0.2) is 35.2 Å². The second-order valence-electron chi connectivity index (χ2n) is 12.6. The Morgan fingerprint density at radius 1 is 1.19 bits per heavy atom. The second kappa shape index (κ2) is 8.03. The van der Waals surface area contributed by atoms with E-state index in [1.54, 1.807) is 32.4 Å². The van der Waals surface area contributed by atoms with E-state index in [0.717, 1.165) is 18.4 Å². The van der Waals surface area contributed by atoms with Crippen molar-refractivity contribution in [1.82, 2.24) is 0 Å². The van der Waals surface area contributed by atoms with Crippen LogP contribution in [0.25, 0.3) is 0 Å². The third-order valence-corrected chi connectivity index (χ3v) is 10.6. The molecule has 8 nitrogen and oxygen atoms in total. The summed E-state index contributed by atoms with van der Waals surface area (Å²) in [4.78, 5) is 38.3. The standard InChI is InChI=1S/C29H38O8/c1-16(30)36-22(24(33)34-7)23-25(2,3)20(31)9-11-26(23,4)19-8-12-27(5)18(17-10-13-35-15-17)14-21(32)29(27)28(19,6)37-29/h9-11,13,15,18-19,21-23,32H,8,12,14H2,1-7H3/t18-,19+,21+,22+,23-,26+,27-,28+,29-/m0/s1. The first-order valence-corrected chi connectivity index (χ1v) is 13.1. The van der Waals surface area contributed by atoms with Gasteiger partial charge in [-0.05, 0) is 61.1 Å². The molecule has 3 aliphatic carbocycles. The summed E-state index contributed by atoms with van der Waals surface area (Å²) in [5, 5.41) is 11.5. The molecular formula is C29H38O8. The largest absolute Gasteiger partial charge is 0.472 e. The Morgan fingerprint density at radius 3 is 2.49 bits per heavy atom. The highest BCUT2D eigenvalue weighted by atomic mass is 16.6. The maximum atomic E-state index is 13.2. The van der Waals surface area contributed by atoms with Gasteiger partial charge in [-0.1, -0.05) is 33.8 Å². The predicted octanol–water partition coefficient (Wildman–Crippen LogP) is 3.96. The van der Waals surface area contributed by atoms with Crippen molar-refractivity contribution in [3.05, 3.63) is 36.3 Å². The van der Waals surface area contributed by atoms with Crippen LogP contribution in [0.4, 0.5) is 0 Å². The summed E-state index contributed by atoms with van der Waals surface area (Å²) in [6, 6.07) is 1.96. The number of carbonyl (C=O) groups is 3. The van der Waals surface area contributed by atoms with E-state index >= 15 is 0 Å². The lowest BCUT2D eigenvalue weighted by Gasteiger charge is -2.55. The smallest absolute Gasteiger partial charge is 0.347 e. The summed E-state index contributed by atoms with van der Waals surface area (Å²) in [5.41, 5.74) is -2.57. The minimum atomic E-state index is -1.27. The molecule has 4 aliphatic rings. The summed E-state index contributed by atoms with van der Waals surface area (Å²) in [6.45, 7) is 11.1. The highest BCUT2D eigenvalue weighted by Gasteiger charge is 2.87. The number of ketones is 1. The lowest BCUT2D eigenvalue weighted by Crippen LogP contribution is -2.61. The van der Waals surface area contributed by atoms with Gasteiger partial charge in [0.1, 0.15) is 11.2 Å². The average molecular weight is 515 g/mol. The van der Waals surface area contributed by atoms with Crippen LogP contribution in [0.3, 0.4) is 0 Å². The normalized spacial score (nSPS) is 44.5. The fraction of sp³-hybridized carbons (Fsp3) is 0.690. The maximum Gasteiger partial charge on any atom is 0.347 e. The van der Waals surface area contributed by atoms with E-state index in [-0.39, 0.29) is 23.0 Å². The fourth-order valence-corrected chi connectivity index (χ4v) is 9.06. The number of epoxide rings is 1. The molecule has 1 aromatic rings. The summed E-state index contributed by atoms with van der Waals surface area (Å²) in [6.07, 6.45) is 7.01. The van der Waals surface area contributed by atoms with Crippen LogP contribution in [0.1, 0.15) is 72.3 Å². The topological polar surface area (TPSA) is 116 Å². The van der Waals surface area contributed by atoms with E-state index < -0.39 is 52.1 Å². The molecule has 0 unspecified atom stereocenters. The van der Waals surface area contributed by atoms with E-state index in [1.165, 1.54) is 14.0 Å². The molecule has 1 N–H and O–H groups in total. The van der Waals surface area contributed by atoms with E-state index in [9.17, 15) is 19.5 Å². The molecule has 8 heteroatoms. The van der Waals surface area contributed by atoms with Gasteiger partial charge >= 0.3 is 11.9 Å². The molecule has 0 radical (unpaired) electrons. The molecule has 9 atom stereocenters. The summed E-state index contributed by atoms with van der Waals surface area (Å²) < 4.78 is 22.7. The number of ether oxygens (including phenoxy) is 3. The number of allylic oxidation sites excluding steroid dienone is 2. The van der Waals surface area contributed by atoms with Crippen LogP contribution in [0.5, 0.6) is 0 Å². The minimum absolute atomic E-state index is 0.0800. The average Bonchev–Trinajstić information content (AvgIpc) is 3.11. The number of hydrogen-bond acceptors (Lipinski definition) is 8. The highest BCUT2D eigenvalue weighted by molar-refractivity contribution is 5.96. The molecule has 0 amide bonds. The second-order valence-corrected chi connectivity index (χ2v) is 12.6. The molecule has 3 fully saturated rings. The quantitative estimate of drug-likeness (QED) is 0.464. The van der Waals surface area contributed by atoms with E-state index in [2.05, 4.69) is 13.8 Å². The number of methoxy groups -OCH3 is 1. The molecule has 0 aromatic carbocycles. The minimum Gasteiger partial charge on any atom is -0.472 e. The van der Waals surface area contributed by atoms with E-state index in [4.69, 9.17) is 18.6 Å². The Balaban J connectivity index is 1.61. The van der Waals surface area contributed by atoms with Gasteiger partial charge in [0.15, 0.2) is 5.78 Å². The molecule has 2 heterocycles. The van der Waals surface area contributed by atoms with Gasteiger partial charge in [0, 0.05) is 23.7 Å². The van der Waals surface area contributed by atoms with Gasteiger partial charge in [-0.15, -0.1) is 0 Å². The lowest BCUT2D eigenvalue weighted by atomic mass is 9.46. The van der Waals surface area contributed by atoms with Gasteiger partial charge in [0.25, 0.3) is 0 Å². The lowest BCUT2D eigenvalue weighted by molar-refractivity contribution is -0.182. The number of aliphatic hydroxyl groups excluding tert-OH is 1. The number of hydrogen-bond donors (Lipinski definition) is 1. The Kier molecular flexibility index (Phi) is 5.68. The molecule has 37 heavy (non-hydrogen) atoms. The van der Waals surface area contributed by atoms with E-state index in [0.29, 0.717) is 6.42 Å². The van der Waals surface area contributed by atoms with Crippen molar-refractivity contribution in [2.24, 2.45) is 28.1 Å². The van der Waals surface area contributed by atoms with Crippen molar-refractivity contribution >= 4 is 17.7 Å². The maximum absolute atomic E-state index is 13.2. The van der Waals surface area contributed by atoms with Gasteiger partial charge in [-0.2, -0.15) is 0 Å². The first kappa shape index (κ1) is 26.2. The van der Waals surface area contributed by atoms with Gasteiger partial charge in [-0.3, -0.25) is 9.59 Å². The number of aliphatic hydroxyl groups is 1. The Hall–Kier alpha value is -2.45. The van der Waals surface area contributed by atoms with E-state index in [1.807, 2.05) is 19.1 Å². The zero-order chi connectivity index (χ0) is 27.2. The summed E-state index contributed by atoms with van der Waals surface area (Å²) in [5.74, 6) is -2.25. The van der Waals surface area contributed by atoms with Crippen molar-refractivity contribution in [2.75, 3.05) is 7.11 Å². The number of carbonyl (C=O) groups excluding carboxylic acids is 3. The van der Waals surface area contributed by atoms with Gasteiger partial charge < -0.3 is 23.7 Å². The van der Waals surface area contributed by atoms with Crippen LogP contribution in [0, 0.1) is 28.1 Å². The van der Waals surface area contributed by atoms with Gasteiger partial charge in [-0.25, -0.2) is 4.79 Å². The van der Waals surface area contributed by atoms with Crippen molar-refractivity contribution in [2.45, 2.75) is 90.1 Å². The summed E-state index contributed by atoms with van der Waals surface area (Å²) >= 11 is 0. The first-order chi connectivity index (χ1) is 17.2. The van der Waals surface area contributed by atoms with Crippen molar-refractivity contribution in [1.29, 1.82) is 0 Å². The third-order valence-electron chi connectivity index (χ3n) is 10.6. The summed E-state index contributed by atoms with van der Waals surface area (Å²) in [7, 11) is 1.25. The first-order valence-electron chi connectivity index (χ1n) is 13.1. The van der Waals surface area contributed by atoms with Crippen molar-refractivity contribution in [3.8, 4) is 0 Å². The number of rotatable bonds is 5. The predicted molar refractivity (Wildman–Crippen MR) is 132 cm³/mol. The molecule has 1 spiro atoms. The van der Waals surface area contributed by atoms with Gasteiger partial charge in [0.2, 0.25) is 6.10 Å². The highest BCUT2D eigenvalue weighted by Crippen LogP contribution is 2.79. The van der Waals surface area contributed by atoms with Crippen LogP contribution >= 0.6 is 0 Å². The zero-order valence-electron chi connectivity index (χ0n) is 22.7. The molecule has 0 bridgehead atoms. The van der Waals surface area contributed by atoms with Crippen LogP contribution in [0.2, 0.25) is 0 Å². The Bertz CT molecular complexity index is 1150. The monoisotopic (exact) mass is 514 g/mol. The van der Waals surface area contributed by atoms with Crippen LogP contribution < -0.4 is 0 Å². The van der Waals surface area contributed by atoms with Crippen LogP contribution in [-0.2, 0) is 28.6 Å². The third kappa shape index (κ3) is 3.18. The molecular weight excluding hydrogens is 476 g/mol. The SMILES string of the molecule is COC(=O)[C@H](OC(C)=O)[C@H]1C(C)(C)C(=O)C=C[C@]1(C)[C@H]1CC[C@@]2(C)[C@H](c3ccoc3)C[C@@H](O)[C@]23O[C@]13C. The van der Waals surface area contributed by atoms with Crippen LogP contribution in [-0.4, -0.2) is 53.3 Å². The van der Waals surface area contributed by atoms with Crippen molar-refractivity contribution in [3.63, 3.8) is 0 Å². The Labute approximate surface area is 217 Å². The molecule has 1 saturated heterocycles. The Morgan fingerprint density at radius 2 is 1.89 bits per heavy atom. The molecule has 202 valence electrons. The van der Waals surface area contributed by atoms with Crippen molar-refractivity contribution < 1.29 is 38.1 Å². The fourth-order valence-electron chi connectivity index (χ4n) is 9.06. The molecule has 2 saturated carbocycles. The molecule has 1 aromatic heterocycles. The number of furan rings is 1. The molecule has 5 rings (SSSR count). The number of esters is 2.